The molecule has 0 amide bonds. The van der Waals surface area contributed by atoms with E-state index in [-0.39, 0.29) is 5.70 Å². The first-order valence-electron chi connectivity index (χ1n) is 3.53. The van der Waals surface area contributed by atoms with Gasteiger partial charge in [0.2, 0.25) is 0 Å². The topological polar surface area (TPSA) is 66.5 Å². The van der Waals surface area contributed by atoms with Crippen LogP contribution >= 0.6 is 0 Å². The molecule has 0 rings (SSSR count). The third-order valence-electron chi connectivity index (χ3n) is 1.50. The monoisotopic (exact) mass is 178 g/mol. The average Bonchev–Trinajstić information content (AvgIpc) is 1.99. The fourth-order valence-electron chi connectivity index (χ4n) is 0.540. The van der Waals surface area contributed by atoms with Crippen LogP contribution in [0.2, 0.25) is 0 Å². The Hall–Kier alpha value is -0.510. The lowest BCUT2D eigenvalue weighted by Gasteiger charge is -2.00. The van der Waals surface area contributed by atoms with E-state index in [1.807, 2.05) is 0 Å². The zero-order valence-corrected chi connectivity index (χ0v) is 7.82. The molecule has 0 spiro atoms. The number of allylic oxidation sites excluding steroid dienone is 1. The first-order valence-corrected chi connectivity index (χ1v) is 5.50. The summed E-state index contributed by atoms with van der Waals surface area (Å²) in [4.78, 5) is 0. The van der Waals surface area contributed by atoms with Gasteiger partial charge in [0.05, 0.1) is 12.0 Å². The summed E-state index contributed by atoms with van der Waals surface area (Å²) in [6, 6.07) is 0. The SMILES string of the molecule is CC[S+](C)CCC(N)=C(O)O. The van der Waals surface area contributed by atoms with E-state index >= 15 is 0 Å². The molecule has 4 heteroatoms. The van der Waals surface area contributed by atoms with Gasteiger partial charge < -0.3 is 15.9 Å². The second kappa shape index (κ2) is 5.18. The minimum atomic E-state index is -0.724. The molecule has 0 saturated carbocycles. The van der Waals surface area contributed by atoms with Crippen molar-refractivity contribution in [3.8, 4) is 0 Å². The van der Waals surface area contributed by atoms with Crippen LogP contribution in [0.1, 0.15) is 13.3 Å². The van der Waals surface area contributed by atoms with Crippen LogP contribution in [-0.2, 0) is 10.9 Å². The van der Waals surface area contributed by atoms with Crippen molar-refractivity contribution in [3.63, 3.8) is 0 Å². The summed E-state index contributed by atoms with van der Waals surface area (Å²) in [5.41, 5.74) is 5.50. The third kappa shape index (κ3) is 4.84. The molecular formula is C7H16NO2S+. The molecule has 11 heavy (non-hydrogen) atoms. The minimum absolute atomic E-state index is 0.192. The summed E-state index contributed by atoms with van der Waals surface area (Å²) in [6.07, 6.45) is 2.72. The fraction of sp³-hybridized carbons (Fsp3) is 0.714. The van der Waals surface area contributed by atoms with Crippen molar-refractivity contribution in [2.45, 2.75) is 13.3 Å². The first-order chi connectivity index (χ1) is 5.07. The highest BCUT2D eigenvalue weighted by Gasteiger charge is 2.09. The highest BCUT2D eigenvalue weighted by atomic mass is 32.2. The molecule has 0 bridgehead atoms. The zero-order chi connectivity index (χ0) is 8.85. The molecule has 0 aliphatic carbocycles. The van der Waals surface area contributed by atoms with E-state index in [4.69, 9.17) is 15.9 Å². The highest BCUT2D eigenvalue weighted by molar-refractivity contribution is 7.96. The average molecular weight is 178 g/mol. The van der Waals surface area contributed by atoms with Gasteiger partial charge in [0.25, 0.3) is 5.95 Å². The molecule has 0 heterocycles. The van der Waals surface area contributed by atoms with Crippen molar-refractivity contribution in [1.82, 2.24) is 0 Å². The number of rotatable bonds is 4. The van der Waals surface area contributed by atoms with Gasteiger partial charge in [0.15, 0.2) is 0 Å². The predicted octanol–water partition coefficient (Wildman–Crippen LogP) is 0.888. The predicted molar refractivity (Wildman–Crippen MR) is 49.8 cm³/mol. The van der Waals surface area contributed by atoms with Crippen molar-refractivity contribution in [3.05, 3.63) is 11.6 Å². The van der Waals surface area contributed by atoms with Gasteiger partial charge in [-0.2, -0.15) is 0 Å². The molecular weight excluding hydrogens is 162 g/mol. The van der Waals surface area contributed by atoms with E-state index in [1.165, 1.54) is 0 Å². The lowest BCUT2D eigenvalue weighted by Crippen LogP contribution is -2.12. The van der Waals surface area contributed by atoms with E-state index < -0.39 is 5.95 Å². The van der Waals surface area contributed by atoms with Crippen LogP contribution in [-0.4, -0.2) is 28.0 Å². The Morgan fingerprint density at radius 3 is 2.36 bits per heavy atom. The van der Waals surface area contributed by atoms with Gasteiger partial charge in [0.1, 0.15) is 11.5 Å². The molecule has 1 atom stereocenters. The summed E-state index contributed by atoms with van der Waals surface area (Å²) in [7, 11) is 0.350. The number of hydrogen-bond donors (Lipinski definition) is 3. The smallest absolute Gasteiger partial charge is 0.294 e. The van der Waals surface area contributed by atoms with Crippen LogP contribution in [0.4, 0.5) is 0 Å². The maximum absolute atomic E-state index is 8.52. The number of hydrogen-bond acceptors (Lipinski definition) is 3. The zero-order valence-electron chi connectivity index (χ0n) is 7.00. The van der Waals surface area contributed by atoms with Crippen molar-refractivity contribution in [2.75, 3.05) is 17.8 Å². The maximum atomic E-state index is 8.52. The summed E-state index contributed by atoms with van der Waals surface area (Å²) < 4.78 is 0. The Bertz CT molecular complexity index is 143. The van der Waals surface area contributed by atoms with Crippen LogP contribution in [0.15, 0.2) is 11.6 Å². The number of aliphatic hydroxyl groups is 2. The molecule has 0 aromatic heterocycles. The van der Waals surface area contributed by atoms with Gasteiger partial charge >= 0.3 is 0 Å². The molecule has 3 nitrogen and oxygen atoms in total. The Morgan fingerprint density at radius 1 is 1.45 bits per heavy atom. The van der Waals surface area contributed by atoms with E-state index in [0.717, 1.165) is 11.5 Å². The Balaban J connectivity index is 3.63. The largest absolute Gasteiger partial charge is 0.480 e. The molecule has 0 aliphatic rings. The summed E-state index contributed by atoms with van der Waals surface area (Å²) in [6.45, 7) is 2.11. The summed E-state index contributed by atoms with van der Waals surface area (Å²) in [5, 5.41) is 17.0. The molecule has 0 aromatic rings. The molecule has 4 N–H and O–H groups in total. The molecule has 66 valence electrons. The van der Waals surface area contributed by atoms with E-state index in [0.29, 0.717) is 17.3 Å². The molecule has 0 radical (unpaired) electrons. The molecule has 1 unspecified atom stereocenters. The van der Waals surface area contributed by atoms with Gasteiger partial charge in [0, 0.05) is 6.42 Å². The quantitative estimate of drug-likeness (QED) is 0.442. The Morgan fingerprint density at radius 2 is 2.00 bits per heavy atom. The summed E-state index contributed by atoms with van der Waals surface area (Å²) >= 11 is 0. The summed E-state index contributed by atoms with van der Waals surface area (Å²) in [5.74, 6) is 1.34. The van der Waals surface area contributed by atoms with E-state index in [2.05, 4.69) is 13.2 Å². The van der Waals surface area contributed by atoms with Crippen LogP contribution in [0.25, 0.3) is 0 Å². The van der Waals surface area contributed by atoms with Gasteiger partial charge in [-0.1, -0.05) is 0 Å². The third-order valence-corrected chi connectivity index (χ3v) is 3.39. The van der Waals surface area contributed by atoms with Crippen molar-refractivity contribution >= 4 is 10.9 Å². The molecule has 0 aromatic carbocycles. The van der Waals surface area contributed by atoms with Crippen molar-refractivity contribution in [1.29, 1.82) is 0 Å². The number of aliphatic hydroxyl groups excluding tert-OH is 1. The van der Waals surface area contributed by atoms with Crippen molar-refractivity contribution < 1.29 is 10.2 Å². The lowest BCUT2D eigenvalue weighted by atomic mass is 10.4. The van der Waals surface area contributed by atoms with E-state index in [1.54, 1.807) is 0 Å². The van der Waals surface area contributed by atoms with Crippen LogP contribution in [0, 0.1) is 0 Å². The normalized spacial score (nSPS) is 12.5. The number of nitrogens with two attached hydrogens (primary N) is 1. The Kier molecular flexibility index (Phi) is 4.94. The van der Waals surface area contributed by atoms with Crippen LogP contribution in [0.3, 0.4) is 0 Å². The first kappa shape index (κ1) is 10.5. The molecule has 0 aliphatic heterocycles. The fourth-order valence-corrected chi connectivity index (χ4v) is 1.40. The lowest BCUT2D eigenvalue weighted by molar-refractivity contribution is 0.183. The van der Waals surface area contributed by atoms with Gasteiger partial charge in [-0.25, -0.2) is 0 Å². The second-order valence-corrected chi connectivity index (χ2v) is 4.92. The van der Waals surface area contributed by atoms with Crippen LogP contribution in [0.5, 0.6) is 0 Å². The van der Waals surface area contributed by atoms with Crippen molar-refractivity contribution in [2.24, 2.45) is 5.73 Å². The van der Waals surface area contributed by atoms with Gasteiger partial charge in [-0.15, -0.1) is 0 Å². The second-order valence-electron chi connectivity index (χ2n) is 2.37. The van der Waals surface area contributed by atoms with Gasteiger partial charge in [-0.05, 0) is 17.8 Å². The maximum Gasteiger partial charge on any atom is 0.294 e. The molecule has 0 saturated heterocycles. The van der Waals surface area contributed by atoms with Crippen LogP contribution < -0.4 is 5.73 Å². The highest BCUT2D eigenvalue weighted by Crippen LogP contribution is 2.01. The standard InChI is InChI=1S/C7H15NO2S/c1-3-11(2)5-4-6(8)7(9)10/h3-5,8H2,1-2H3,(H-,9,10)/p+1. The molecule has 0 fully saturated rings. The van der Waals surface area contributed by atoms with E-state index in [9.17, 15) is 0 Å². The Labute approximate surface area is 70.3 Å². The minimum Gasteiger partial charge on any atom is -0.480 e. The van der Waals surface area contributed by atoms with Gasteiger partial charge in [-0.3, -0.25) is 0 Å².